The molecule has 6 heteroatoms. The monoisotopic (exact) mass is 358 g/mol. The minimum atomic E-state index is -0.815. The first-order chi connectivity index (χ1) is 12.5. The summed E-state index contributed by atoms with van der Waals surface area (Å²) in [6, 6.07) is 7.22. The fourth-order valence-electron chi connectivity index (χ4n) is 3.51. The number of nitrogens with one attached hydrogen (secondary N) is 1. The Kier molecular flexibility index (Phi) is 5.91. The van der Waals surface area contributed by atoms with Crippen LogP contribution in [0.4, 0.5) is 0 Å². The maximum atomic E-state index is 12.2. The molecule has 0 unspecified atom stereocenters. The van der Waals surface area contributed by atoms with Gasteiger partial charge in [-0.05, 0) is 43.9 Å². The number of rotatable bonds is 6. The summed E-state index contributed by atoms with van der Waals surface area (Å²) < 4.78 is 5.28. The Labute approximate surface area is 153 Å². The first-order valence-corrected chi connectivity index (χ1v) is 9.41. The highest BCUT2D eigenvalue weighted by atomic mass is 16.5. The van der Waals surface area contributed by atoms with Gasteiger partial charge in [-0.2, -0.15) is 0 Å². The highest BCUT2D eigenvalue weighted by Gasteiger charge is 2.24. The zero-order valence-corrected chi connectivity index (χ0v) is 15.2. The van der Waals surface area contributed by atoms with Crippen molar-refractivity contribution in [2.24, 2.45) is 0 Å². The van der Waals surface area contributed by atoms with Crippen molar-refractivity contribution in [2.75, 3.05) is 6.54 Å². The van der Waals surface area contributed by atoms with Crippen LogP contribution in [-0.4, -0.2) is 41.4 Å². The Morgan fingerprint density at radius 2 is 1.88 bits per heavy atom. The minimum absolute atomic E-state index is 0.176. The van der Waals surface area contributed by atoms with E-state index in [0.29, 0.717) is 18.5 Å². The lowest BCUT2D eigenvalue weighted by Gasteiger charge is -2.17. The predicted molar refractivity (Wildman–Crippen MR) is 96.4 cm³/mol. The Balaban J connectivity index is 1.50. The van der Waals surface area contributed by atoms with Crippen LogP contribution in [0.25, 0.3) is 0 Å². The Hall–Kier alpha value is -2.37. The standard InChI is InChI=1S/C20H26N2O4/c1-14(19(24)21-17-5-2-3-6-17)26-20(25)16-10-8-15(9-11-16)13-22-12-4-7-18(22)23/h8-11,14,17H,2-7,12-13H2,1H3,(H,21,24)/t14-/m1/s1. The van der Waals surface area contributed by atoms with Crippen molar-refractivity contribution in [2.45, 2.75) is 64.1 Å². The summed E-state index contributed by atoms with van der Waals surface area (Å²) in [5.41, 5.74) is 1.38. The molecule has 1 atom stereocenters. The van der Waals surface area contributed by atoms with Crippen LogP contribution < -0.4 is 5.32 Å². The molecular weight excluding hydrogens is 332 g/mol. The summed E-state index contributed by atoms with van der Waals surface area (Å²) in [5.74, 6) is -0.576. The number of hydrogen-bond donors (Lipinski definition) is 1. The molecule has 3 rings (SSSR count). The fraction of sp³-hybridized carbons (Fsp3) is 0.550. The SMILES string of the molecule is C[C@@H](OC(=O)c1ccc(CN2CCCC2=O)cc1)C(=O)NC1CCCC1. The number of hydrogen-bond acceptors (Lipinski definition) is 4. The van der Waals surface area contributed by atoms with Crippen molar-refractivity contribution in [3.63, 3.8) is 0 Å². The summed E-state index contributed by atoms with van der Waals surface area (Å²) in [6.45, 7) is 2.94. The molecule has 1 aliphatic heterocycles. The number of nitrogens with zero attached hydrogens (tertiary/aromatic N) is 1. The molecule has 1 aromatic carbocycles. The van der Waals surface area contributed by atoms with Crippen LogP contribution in [0.15, 0.2) is 24.3 Å². The Morgan fingerprint density at radius 1 is 1.19 bits per heavy atom. The summed E-state index contributed by atoms with van der Waals surface area (Å²) >= 11 is 0. The normalized spacial score (nSPS) is 18.8. The van der Waals surface area contributed by atoms with Crippen molar-refractivity contribution in [1.29, 1.82) is 0 Å². The molecule has 1 aromatic rings. The zero-order valence-electron chi connectivity index (χ0n) is 15.2. The van der Waals surface area contributed by atoms with Crippen molar-refractivity contribution in [3.8, 4) is 0 Å². The second-order valence-corrected chi connectivity index (χ2v) is 7.15. The summed E-state index contributed by atoms with van der Waals surface area (Å²) in [5, 5.41) is 2.94. The molecule has 2 aliphatic rings. The average Bonchev–Trinajstić information content (AvgIpc) is 3.27. The quantitative estimate of drug-likeness (QED) is 0.793. The molecule has 0 spiro atoms. The van der Waals surface area contributed by atoms with E-state index in [1.165, 1.54) is 0 Å². The highest BCUT2D eigenvalue weighted by Crippen LogP contribution is 2.18. The topological polar surface area (TPSA) is 75.7 Å². The molecule has 0 bridgehead atoms. The summed E-state index contributed by atoms with van der Waals surface area (Å²) in [7, 11) is 0. The van der Waals surface area contributed by atoms with Gasteiger partial charge in [-0.15, -0.1) is 0 Å². The third-order valence-electron chi connectivity index (χ3n) is 5.09. The number of amides is 2. The molecule has 2 amide bonds. The molecule has 1 aliphatic carbocycles. The van der Waals surface area contributed by atoms with Crippen LogP contribution >= 0.6 is 0 Å². The zero-order chi connectivity index (χ0) is 18.5. The van der Waals surface area contributed by atoms with Crippen LogP contribution in [-0.2, 0) is 20.9 Å². The fourth-order valence-corrected chi connectivity index (χ4v) is 3.51. The molecule has 26 heavy (non-hydrogen) atoms. The lowest BCUT2D eigenvalue weighted by Crippen LogP contribution is -2.40. The van der Waals surface area contributed by atoms with Crippen LogP contribution in [0.5, 0.6) is 0 Å². The van der Waals surface area contributed by atoms with Gasteiger partial charge in [0.25, 0.3) is 5.91 Å². The van der Waals surface area contributed by atoms with Gasteiger partial charge in [0.1, 0.15) is 0 Å². The lowest BCUT2D eigenvalue weighted by molar-refractivity contribution is -0.130. The molecule has 1 N–H and O–H groups in total. The largest absolute Gasteiger partial charge is 0.449 e. The van der Waals surface area contributed by atoms with E-state index in [9.17, 15) is 14.4 Å². The van der Waals surface area contributed by atoms with Gasteiger partial charge < -0.3 is 15.0 Å². The second kappa shape index (κ2) is 8.34. The van der Waals surface area contributed by atoms with E-state index < -0.39 is 12.1 Å². The molecule has 140 valence electrons. The van der Waals surface area contributed by atoms with Gasteiger partial charge in [-0.25, -0.2) is 4.79 Å². The summed E-state index contributed by atoms with van der Waals surface area (Å²) in [4.78, 5) is 37.9. The van der Waals surface area contributed by atoms with Gasteiger partial charge in [-0.3, -0.25) is 9.59 Å². The van der Waals surface area contributed by atoms with E-state index in [1.54, 1.807) is 19.1 Å². The van der Waals surface area contributed by atoms with Crippen molar-refractivity contribution < 1.29 is 19.1 Å². The third-order valence-corrected chi connectivity index (χ3v) is 5.09. The van der Waals surface area contributed by atoms with Crippen LogP contribution in [0.1, 0.15) is 61.4 Å². The second-order valence-electron chi connectivity index (χ2n) is 7.15. The highest BCUT2D eigenvalue weighted by molar-refractivity contribution is 5.92. The van der Waals surface area contributed by atoms with E-state index in [1.807, 2.05) is 17.0 Å². The molecule has 1 saturated carbocycles. The van der Waals surface area contributed by atoms with E-state index >= 15 is 0 Å². The number of esters is 1. The smallest absolute Gasteiger partial charge is 0.338 e. The molecule has 6 nitrogen and oxygen atoms in total. The number of likely N-dealkylation sites (tertiary alicyclic amines) is 1. The van der Waals surface area contributed by atoms with Crippen molar-refractivity contribution in [3.05, 3.63) is 35.4 Å². The van der Waals surface area contributed by atoms with E-state index in [2.05, 4.69) is 5.32 Å². The Bertz CT molecular complexity index is 665. The van der Waals surface area contributed by atoms with Gasteiger partial charge in [0.15, 0.2) is 6.10 Å². The molecule has 0 aromatic heterocycles. The lowest BCUT2D eigenvalue weighted by atomic mass is 10.1. The van der Waals surface area contributed by atoms with Crippen molar-refractivity contribution >= 4 is 17.8 Å². The maximum absolute atomic E-state index is 12.2. The maximum Gasteiger partial charge on any atom is 0.338 e. The van der Waals surface area contributed by atoms with Gasteiger partial charge >= 0.3 is 5.97 Å². The van der Waals surface area contributed by atoms with Crippen LogP contribution in [0.2, 0.25) is 0 Å². The number of benzene rings is 1. The molecule has 1 saturated heterocycles. The van der Waals surface area contributed by atoms with E-state index in [-0.39, 0.29) is 17.9 Å². The van der Waals surface area contributed by atoms with Gasteiger partial charge in [0.2, 0.25) is 5.91 Å². The van der Waals surface area contributed by atoms with Crippen molar-refractivity contribution in [1.82, 2.24) is 10.2 Å². The Morgan fingerprint density at radius 3 is 2.50 bits per heavy atom. The number of carbonyl (C=O) groups is 3. The molecule has 2 fully saturated rings. The van der Waals surface area contributed by atoms with Crippen LogP contribution in [0, 0.1) is 0 Å². The average molecular weight is 358 g/mol. The number of ether oxygens (including phenoxy) is 1. The summed E-state index contributed by atoms with van der Waals surface area (Å²) in [6.07, 6.45) is 4.96. The minimum Gasteiger partial charge on any atom is -0.449 e. The first-order valence-electron chi connectivity index (χ1n) is 9.41. The third kappa shape index (κ3) is 4.62. The molecule has 0 radical (unpaired) electrons. The molecule has 1 heterocycles. The van der Waals surface area contributed by atoms with Crippen LogP contribution in [0.3, 0.4) is 0 Å². The van der Waals surface area contributed by atoms with Gasteiger partial charge in [0, 0.05) is 25.6 Å². The van der Waals surface area contributed by atoms with Gasteiger partial charge in [0.05, 0.1) is 5.56 Å². The predicted octanol–water partition coefficient (Wildman–Crippen LogP) is 2.41. The first kappa shape index (κ1) is 18.4. The van der Waals surface area contributed by atoms with E-state index in [0.717, 1.165) is 44.2 Å². The van der Waals surface area contributed by atoms with Gasteiger partial charge in [-0.1, -0.05) is 25.0 Å². The number of carbonyl (C=O) groups excluding carboxylic acids is 3. The molecular formula is C20H26N2O4. The van der Waals surface area contributed by atoms with E-state index in [4.69, 9.17) is 4.74 Å².